The number of anilines is 1. The highest BCUT2D eigenvalue weighted by Gasteiger charge is 2.29. The van der Waals surface area contributed by atoms with Crippen LogP contribution in [-0.4, -0.2) is 54.2 Å². The van der Waals surface area contributed by atoms with Crippen LogP contribution >= 0.6 is 0 Å². The molecule has 1 saturated heterocycles. The van der Waals surface area contributed by atoms with E-state index < -0.39 is 15.7 Å². The summed E-state index contributed by atoms with van der Waals surface area (Å²) in [6.45, 7) is 4.63. The molecule has 0 aliphatic carbocycles. The highest BCUT2D eigenvalue weighted by Crippen LogP contribution is 2.25. The first kappa shape index (κ1) is 23.6. The van der Waals surface area contributed by atoms with Crippen molar-refractivity contribution in [3.63, 3.8) is 0 Å². The molecule has 4 rings (SSSR count). The van der Waals surface area contributed by atoms with Crippen molar-refractivity contribution in [1.82, 2.24) is 20.2 Å². The van der Waals surface area contributed by atoms with Crippen molar-refractivity contribution in [1.29, 1.82) is 0 Å². The van der Waals surface area contributed by atoms with Gasteiger partial charge in [-0.1, -0.05) is 12.1 Å². The number of amides is 2. The van der Waals surface area contributed by atoms with Crippen molar-refractivity contribution >= 4 is 38.6 Å². The Labute approximate surface area is 196 Å². The van der Waals surface area contributed by atoms with Crippen molar-refractivity contribution in [2.45, 2.75) is 37.6 Å². The van der Waals surface area contributed by atoms with Gasteiger partial charge in [0.05, 0.1) is 27.2 Å². The van der Waals surface area contributed by atoms with Crippen LogP contribution in [0.25, 0.3) is 11.0 Å². The number of benzene rings is 2. The lowest BCUT2D eigenvalue weighted by Crippen LogP contribution is -2.44. The molecule has 34 heavy (non-hydrogen) atoms. The number of likely N-dealkylation sites (tertiary alicyclic amines) is 1. The Morgan fingerprint density at radius 1 is 1.03 bits per heavy atom. The standard InChI is InChI=1S/C23H27N5O5S/c1-14(2)24-21(29)15-9-11-28(12-10-15)22(30)17-5-3-4-6-18(17)27-34(32,33)16-7-8-19-20(13-16)26-23(31)25-19/h3-8,13-15,27H,9-12H2,1-2H3,(H,24,29)(H2,25,26,31). The van der Waals surface area contributed by atoms with Gasteiger partial charge in [0.2, 0.25) is 5.91 Å². The minimum absolute atomic E-state index is 0.00371. The van der Waals surface area contributed by atoms with E-state index in [1.807, 2.05) is 13.8 Å². The van der Waals surface area contributed by atoms with E-state index in [2.05, 4.69) is 20.0 Å². The van der Waals surface area contributed by atoms with Gasteiger partial charge in [0, 0.05) is 25.0 Å². The first-order valence-corrected chi connectivity index (χ1v) is 12.6. The smallest absolute Gasteiger partial charge is 0.323 e. The SMILES string of the molecule is CC(C)NC(=O)C1CCN(C(=O)c2ccccc2NS(=O)(=O)c2ccc3[nH]c(=O)[nH]c3c2)CC1. The molecule has 1 aromatic heterocycles. The van der Waals surface area contributed by atoms with E-state index in [0.717, 1.165) is 0 Å². The van der Waals surface area contributed by atoms with Crippen LogP contribution in [0.4, 0.5) is 5.69 Å². The summed E-state index contributed by atoms with van der Waals surface area (Å²) in [7, 11) is -4.02. The van der Waals surface area contributed by atoms with Crippen molar-refractivity contribution < 1.29 is 18.0 Å². The topological polar surface area (TPSA) is 144 Å². The molecule has 4 N–H and O–H groups in total. The number of carbonyl (C=O) groups is 2. The predicted octanol–water partition coefficient (Wildman–Crippen LogP) is 2.03. The Hall–Kier alpha value is -3.60. The summed E-state index contributed by atoms with van der Waals surface area (Å²) in [6.07, 6.45) is 1.10. The van der Waals surface area contributed by atoms with Gasteiger partial charge in [0.25, 0.3) is 15.9 Å². The lowest BCUT2D eigenvalue weighted by atomic mass is 9.95. The van der Waals surface area contributed by atoms with Gasteiger partial charge in [-0.15, -0.1) is 0 Å². The maximum atomic E-state index is 13.2. The van der Waals surface area contributed by atoms with Crippen LogP contribution in [0.15, 0.2) is 52.2 Å². The summed E-state index contributed by atoms with van der Waals surface area (Å²) in [5.74, 6) is -0.447. The van der Waals surface area contributed by atoms with Crippen molar-refractivity contribution in [2.75, 3.05) is 17.8 Å². The number of para-hydroxylation sites is 1. The molecule has 0 bridgehead atoms. The number of aromatic nitrogens is 2. The van der Waals surface area contributed by atoms with E-state index in [9.17, 15) is 22.8 Å². The zero-order valence-corrected chi connectivity index (χ0v) is 19.7. The number of rotatable bonds is 6. The number of hydrogen-bond acceptors (Lipinski definition) is 5. The number of sulfonamides is 1. The molecule has 2 heterocycles. The highest BCUT2D eigenvalue weighted by molar-refractivity contribution is 7.92. The third kappa shape index (κ3) is 4.98. The zero-order chi connectivity index (χ0) is 24.5. The Morgan fingerprint density at radius 3 is 2.41 bits per heavy atom. The number of carbonyl (C=O) groups excluding carboxylic acids is 2. The van der Waals surface area contributed by atoms with Crippen LogP contribution in [0.3, 0.4) is 0 Å². The van der Waals surface area contributed by atoms with Gasteiger partial charge in [0.15, 0.2) is 0 Å². The molecule has 0 spiro atoms. The van der Waals surface area contributed by atoms with Crippen LogP contribution < -0.4 is 15.7 Å². The molecule has 0 saturated carbocycles. The molecule has 1 aliphatic heterocycles. The summed E-state index contributed by atoms with van der Waals surface area (Å²) in [5.41, 5.74) is 0.813. The summed E-state index contributed by atoms with van der Waals surface area (Å²) in [4.78, 5) is 43.7. The molecule has 0 unspecified atom stereocenters. The molecule has 0 radical (unpaired) electrons. The van der Waals surface area contributed by atoms with E-state index in [-0.39, 0.29) is 39.9 Å². The average Bonchev–Trinajstić information content (AvgIpc) is 3.17. The highest BCUT2D eigenvalue weighted by atomic mass is 32.2. The number of hydrogen-bond donors (Lipinski definition) is 4. The van der Waals surface area contributed by atoms with Crippen LogP contribution in [0.5, 0.6) is 0 Å². The summed E-state index contributed by atoms with van der Waals surface area (Å²) in [6, 6.07) is 10.7. The minimum atomic E-state index is -4.02. The third-order valence-electron chi connectivity index (χ3n) is 5.78. The van der Waals surface area contributed by atoms with Gasteiger partial charge in [-0.25, -0.2) is 13.2 Å². The fourth-order valence-electron chi connectivity index (χ4n) is 4.06. The molecule has 2 aromatic carbocycles. The molecular formula is C23H27N5O5S. The summed E-state index contributed by atoms with van der Waals surface area (Å²) in [5, 5.41) is 2.91. The number of imidazole rings is 1. The molecule has 0 atom stereocenters. The average molecular weight is 486 g/mol. The second-order valence-corrected chi connectivity index (χ2v) is 10.3. The molecule has 180 valence electrons. The third-order valence-corrected chi connectivity index (χ3v) is 7.15. The maximum Gasteiger partial charge on any atom is 0.323 e. The van der Waals surface area contributed by atoms with Crippen molar-refractivity contribution in [2.24, 2.45) is 5.92 Å². The first-order valence-electron chi connectivity index (χ1n) is 11.1. The van der Waals surface area contributed by atoms with Gasteiger partial charge >= 0.3 is 5.69 Å². The normalized spacial score (nSPS) is 15.0. The van der Waals surface area contributed by atoms with Crippen LogP contribution in [0, 0.1) is 5.92 Å². The van der Waals surface area contributed by atoms with Crippen molar-refractivity contribution in [3.05, 3.63) is 58.5 Å². The maximum absolute atomic E-state index is 13.2. The number of fused-ring (bicyclic) bond motifs is 1. The molecule has 1 aliphatic rings. The van der Waals surface area contributed by atoms with Crippen LogP contribution in [0.2, 0.25) is 0 Å². The van der Waals surface area contributed by atoms with E-state index in [1.165, 1.54) is 24.3 Å². The van der Waals surface area contributed by atoms with Gasteiger partial charge in [-0.2, -0.15) is 0 Å². The quantitative estimate of drug-likeness (QED) is 0.422. The molecule has 3 aromatic rings. The van der Waals surface area contributed by atoms with E-state index in [1.54, 1.807) is 23.1 Å². The summed E-state index contributed by atoms with van der Waals surface area (Å²) < 4.78 is 28.6. The van der Waals surface area contributed by atoms with E-state index in [0.29, 0.717) is 37.0 Å². The summed E-state index contributed by atoms with van der Waals surface area (Å²) >= 11 is 0. The number of aromatic amines is 2. The lowest BCUT2D eigenvalue weighted by Gasteiger charge is -2.32. The lowest BCUT2D eigenvalue weighted by molar-refractivity contribution is -0.126. The predicted molar refractivity (Wildman–Crippen MR) is 128 cm³/mol. The van der Waals surface area contributed by atoms with Gasteiger partial charge in [0.1, 0.15) is 0 Å². The number of piperidine rings is 1. The molecule has 10 nitrogen and oxygen atoms in total. The Morgan fingerprint density at radius 2 is 1.71 bits per heavy atom. The van der Waals surface area contributed by atoms with E-state index >= 15 is 0 Å². The second kappa shape index (κ2) is 9.34. The van der Waals surface area contributed by atoms with E-state index in [4.69, 9.17) is 0 Å². The van der Waals surface area contributed by atoms with Crippen LogP contribution in [-0.2, 0) is 14.8 Å². The second-order valence-electron chi connectivity index (χ2n) is 8.67. The monoisotopic (exact) mass is 485 g/mol. The fourth-order valence-corrected chi connectivity index (χ4v) is 5.16. The molecule has 1 fully saturated rings. The zero-order valence-electron chi connectivity index (χ0n) is 18.9. The Kier molecular flexibility index (Phi) is 6.47. The number of nitrogens with one attached hydrogen (secondary N) is 4. The number of H-pyrrole nitrogens is 2. The van der Waals surface area contributed by atoms with Gasteiger partial charge < -0.3 is 20.2 Å². The van der Waals surface area contributed by atoms with Crippen molar-refractivity contribution in [3.8, 4) is 0 Å². The van der Waals surface area contributed by atoms with Gasteiger partial charge in [-0.05, 0) is 57.0 Å². The Bertz CT molecular complexity index is 1380. The first-order chi connectivity index (χ1) is 16.1. The number of nitrogens with zero attached hydrogens (tertiary/aromatic N) is 1. The largest absolute Gasteiger partial charge is 0.354 e. The molecule has 2 amide bonds. The fraction of sp³-hybridized carbons (Fsp3) is 0.348. The van der Waals surface area contributed by atoms with Crippen LogP contribution in [0.1, 0.15) is 37.0 Å². The molecule has 11 heteroatoms. The molecular weight excluding hydrogens is 458 g/mol. The Balaban J connectivity index is 1.51. The van der Waals surface area contributed by atoms with Gasteiger partial charge in [-0.3, -0.25) is 14.3 Å². The minimum Gasteiger partial charge on any atom is -0.354 e.